The van der Waals surface area contributed by atoms with Crippen LogP contribution in [0.4, 0.5) is 13.6 Å². The van der Waals surface area contributed by atoms with Gasteiger partial charge in [-0.05, 0) is 38.0 Å². The lowest BCUT2D eigenvalue weighted by Crippen LogP contribution is -2.49. The molecule has 22 heavy (non-hydrogen) atoms. The average Bonchev–Trinajstić information content (AvgIpc) is 3.13. The Bertz CT molecular complexity index is 586. The van der Waals surface area contributed by atoms with Crippen LogP contribution in [0.2, 0.25) is 0 Å². The van der Waals surface area contributed by atoms with Crippen LogP contribution in [-0.4, -0.2) is 49.1 Å². The van der Waals surface area contributed by atoms with Crippen LogP contribution in [0, 0.1) is 11.6 Å². The number of hydrogen-bond acceptors (Lipinski definition) is 3. The van der Waals surface area contributed by atoms with E-state index in [0.717, 1.165) is 6.07 Å². The van der Waals surface area contributed by atoms with E-state index in [9.17, 15) is 13.6 Å². The number of carbonyl (C=O) groups is 1. The van der Waals surface area contributed by atoms with Gasteiger partial charge >= 0.3 is 0 Å². The molecule has 0 unspecified atom stereocenters. The molecule has 2 heterocycles. The van der Waals surface area contributed by atoms with Crippen LogP contribution >= 0.6 is 0 Å². The largest absolute Gasteiger partial charge is 0.370 e. The van der Waals surface area contributed by atoms with Crippen molar-refractivity contribution in [1.82, 2.24) is 4.90 Å². The van der Waals surface area contributed by atoms with Crippen molar-refractivity contribution < 1.29 is 23.0 Å². The smallest absolute Gasteiger partial charge is 0.200 e. The van der Waals surface area contributed by atoms with Crippen LogP contribution in [0.5, 0.6) is 0 Å². The summed E-state index contributed by atoms with van der Waals surface area (Å²) in [6, 6.07) is 2.88. The van der Waals surface area contributed by atoms with Crippen LogP contribution < -0.4 is 0 Å². The quantitative estimate of drug-likeness (QED) is 0.633. The van der Waals surface area contributed by atoms with Gasteiger partial charge in [-0.2, -0.15) is 0 Å². The molecule has 0 aliphatic carbocycles. The van der Waals surface area contributed by atoms with Gasteiger partial charge in [-0.3, -0.25) is 4.79 Å². The molecule has 2 saturated heterocycles. The monoisotopic (exact) mass is 307 g/mol. The fraction of sp³-hybridized carbons (Fsp3) is 0.533. The first kappa shape index (κ1) is 15.4. The number of benzene rings is 1. The molecule has 0 aromatic heterocycles. The lowest BCUT2D eigenvalue weighted by molar-refractivity contribution is -0.0637. The van der Waals surface area contributed by atoms with Crippen molar-refractivity contribution in [3.63, 3.8) is 0 Å². The highest BCUT2D eigenvalue weighted by Gasteiger charge is 2.54. The topological polar surface area (TPSA) is 42.1 Å². The van der Waals surface area contributed by atoms with Gasteiger partial charge in [0, 0.05) is 6.07 Å². The Morgan fingerprint density at radius 1 is 1.36 bits per heavy atom. The molecule has 2 fully saturated rings. The molecule has 116 valence electrons. The van der Waals surface area contributed by atoms with E-state index in [0.29, 0.717) is 12.2 Å². The van der Waals surface area contributed by atoms with E-state index in [-0.39, 0.29) is 18.6 Å². The molecular weight excluding hydrogens is 291 g/mol. The number of halogens is 2. The summed E-state index contributed by atoms with van der Waals surface area (Å²) in [5.74, 6) is -1.94. The van der Waals surface area contributed by atoms with Gasteiger partial charge in [0.15, 0.2) is 5.81 Å². The van der Waals surface area contributed by atoms with E-state index in [2.05, 4.69) is 0 Å². The maximum absolute atomic E-state index is 13.4. The summed E-state index contributed by atoms with van der Waals surface area (Å²) in [6.07, 6.45) is -0.244. The summed E-state index contributed by atoms with van der Waals surface area (Å²) in [5, 5.41) is 0. The van der Waals surface area contributed by atoms with Crippen molar-refractivity contribution in [2.45, 2.75) is 44.2 Å². The maximum Gasteiger partial charge on any atom is 0.200 e. The van der Waals surface area contributed by atoms with E-state index in [4.69, 9.17) is 17.3 Å². The predicted octanol–water partition coefficient (Wildman–Crippen LogP) is 2.00. The molecule has 3 atom stereocenters. The zero-order valence-electron chi connectivity index (χ0n) is 12.4. The van der Waals surface area contributed by atoms with Crippen LogP contribution in [0.3, 0.4) is 0 Å². The molecule has 3 rings (SSSR count). The SMILES string of the molecule is [B]C(=O)N1[C@@H](Cc2cc(F)cc(F)c2)[C@@H]([C@@H]2CO2)OC1(C)C. The Morgan fingerprint density at radius 3 is 2.45 bits per heavy atom. The summed E-state index contributed by atoms with van der Waals surface area (Å²) < 4.78 is 37.9. The number of carbonyl (C=O) groups excluding carboxylic acids is 1. The van der Waals surface area contributed by atoms with Gasteiger partial charge in [-0.25, -0.2) is 8.78 Å². The Balaban J connectivity index is 1.91. The van der Waals surface area contributed by atoms with Gasteiger partial charge in [0.1, 0.15) is 29.6 Å². The molecule has 4 nitrogen and oxygen atoms in total. The standard InChI is InChI=1S/C15H16BF2NO3/c1-15(2)19(14(16)20)11(13(22-15)12-7-21-12)5-8-3-9(17)6-10(18)4-8/h3-4,6,11-13H,5,7H2,1-2H3/t11-,12-,13-/m0/s1. The zero-order valence-corrected chi connectivity index (χ0v) is 12.4. The van der Waals surface area contributed by atoms with E-state index in [1.165, 1.54) is 17.0 Å². The predicted molar refractivity (Wildman–Crippen MR) is 75.5 cm³/mol. The molecule has 0 bridgehead atoms. The van der Waals surface area contributed by atoms with Crippen molar-refractivity contribution in [2.75, 3.05) is 6.61 Å². The Labute approximate surface area is 128 Å². The number of epoxide rings is 1. The second-order valence-corrected chi connectivity index (χ2v) is 6.16. The molecule has 2 aliphatic rings. The van der Waals surface area contributed by atoms with Crippen molar-refractivity contribution in [3.05, 3.63) is 35.4 Å². The first-order chi connectivity index (χ1) is 10.3. The van der Waals surface area contributed by atoms with Gasteiger partial charge in [-0.1, -0.05) is 0 Å². The summed E-state index contributed by atoms with van der Waals surface area (Å²) in [5.41, 5.74) is -0.445. The molecule has 2 radical (unpaired) electrons. The van der Waals surface area contributed by atoms with Gasteiger partial charge in [0.2, 0.25) is 7.85 Å². The fourth-order valence-electron chi connectivity index (χ4n) is 3.19. The molecule has 0 spiro atoms. The summed E-state index contributed by atoms with van der Waals surface area (Å²) in [6.45, 7) is 4.01. The first-order valence-corrected chi connectivity index (χ1v) is 7.11. The minimum Gasteiger partial charge on any atom is -0.370 e. The molecule has 1 amide bonds. The van der Waals surface area contributed by atoms with E-state index < -0.39 is 29.2 Å². The van der Waals surface area contributed by atoms with Crippen LogP contribution in [0.25, 0.3) is 0 Å². The molecule has 0 saturated carbocycles. The lowest BCUT2D eigenvalue weighted by atomic mass is 9.95. The Hall–Kier alpha value is -1.47. The lowest BCUT2D eigenvalue weighted by Gasteiger charge is -2.33. The molecular formula is C15H16BF2NO3. The third-order valence-electron chi connectivity index (χ3n) is 4.05. The fourth-order valence-corrected chi connectivity index (χ4v) is 3.19. The molecule has 1 aromatic rings. The van der Waals surface area contributed by atoms with Crippen LogP contribution in [0.1, 0.15) is 19.4 Å². The van der Waals surface area contributed by atoms with E-state index in [1.54, 1.807) is 13.8 Å². The maximum atomic E-state index is 13.4. The van der Waals surface area contributed by atoms with Crippen molar-refractivity contribution >= 4 is 13.7 Å². The summed E-state index contributed by atoms with van der Waals surface area (Å²) in [7, 11) is 5.48. The highest BCUT2D eigenvalue weighted by molar-refractivity contribution is 6.57. The minimum atomic E-state index is -0.890. The van der Waals surface area contributed by atoms with E-state index in [1.807, 2.05) is 0 Å². The second-order valence-electron chi connectivity index (χ2n) is 6.16. The molecule has 7 heteroatoms. The molecule has 1 aromatic carbocycles. The van der Waals surface area contributed by atoms with Gasteiger partial charge < -0.3 is 14.4 Å². The number of nitrogens with zero attached hydrogens (tertiary/aromatic N) is 1. The Morgan fingerprint density at radius 2 is 1.95 bits per heavy atom. The normalized spacial score (nSPS) is 29.6. The third-order valence-corrected chi connectivity index (χ3v) is 4.05. The summed E-state index contributed by atoms with van der Waals surface area (Å²) in [4.78, 5) is 13.2. The number of rotatable bonds is 3. The third kappa shape index (κ3) is 2.87. The van der Waals surface area contributed by atoms with Crippen molar-refractivity contribution in [2.24, 2.45) is 0 Å². The number of hydrogen-bond donors (Lipinski definition) is 0. The number of amides is 1. The highest BCUT2D eigenvalue weighted by atomic mass is 19.1. The van der Waals surface area contributed by atoms with Gasteiger partial charge in [0.25, 0.3) is 0 Å². The molecule has 2 aliphatic heterocycles. The second kappa shape index (κ2) is 5.31. The number of ether oxygens (including phenoxy) is 2. The van der Waals surface area contributed by atoms with Crippen LogP contribution in [0.15, 0.2) is 18.2 Å². The highest BCUT2D eigenvalue weighted by Crippen LogP contribution is 2.38. The van der Waals surface area contributed by atoms with Gasteiger partial charge in [-0.15, -0.1) is 0 Å². The van der Waals surface area contributed by atoms with Crippen molar-refractivity contribution in [3.8, 4) is 0 Å². The Kier molecular flexibility index (Phi) is 3.73. The average molecular weight is 307 g/mol. The van der Waals surface area contributed by atoms with Gasteiger partial charge in [0.05, 0.1) is 12.6 Å². The molecule has 0 N–H and O–H groups in total. The summed E-state index contributed by atoms with van der Waals surface area (Å²) >= 11 is 0. The minimum absolute atomic E-state index is 0.118. The van der Waals surface area contributed by atoms with E-state index >= 15 is 0 Å². The zero-order chi connectivity index (χ0) is 16.1. The van der Waals surface area contributed by atoms with Crippen LogP contribution in [-0.2, 0) is 15.9 Å². The van der Waals surface area contributed by atoms with Crippen molar-refractivity contribution in [1.29, 1.82) is 0 Å². The first-order valence-electron chi connectivity index (χ1n) is 7.11.